The summed E-state index contributed by atoms with van der Waals surface area (Å²) >= 11 is 5.84. The van der Waals surface area contributed by atoms with E-state index in [9.17, 15) is 4.79 Å². The maximum atomic E-state index is 11.9. The standard InChI is InChI=1S/C17H19ClN2O5/c1-11(23-9-14-3-2-8-22-14)17(21)24-10-15-19-20-16(25-15)12-4-6-13(18)7-5-12/h4-7,11,14H,2-3,8-10H2,1H3. The quantitative estimate of drug-likeness (QED) is 0.696. The summed E-state index contributed by atoms with van der Waals surface area (Å²) in [5.41, 5.74) is 0.739. The maximum Gasteiger partial charge on any atom is 0.335 e. The zero-order chi connectivity index (χ0) is 17.6. The van der Waals surface area contributed by atoms with Crippen LogP contribution in [0.25, 0.3) is 11.5 Å². The number of ether oxygens (including phenoxy) is 3. The van der Waals surface area contributed by atoms with Gasteiger partial charge < -0.3 is 18.6 Å². The molecule has 25 heavy (non-hydrogen) atoms. The normalized spacial score (nSPS) is 18.2. The smallest absolute Gasteiger partial charge is 0.335 e. The van der Waals surface area contributed by atoms with E-state index in [0.29, 0.717) is 17.5 Å². The van der Waals surface area contributed by atoms with Crippen LogP contribution < -0.4 is 0 Å². The number of aromatic nitrogens is 2. The molecule has 0 spiro atoms. The van der Waals surface area contributed by atoms with Crippen molar-refractivity contribution in [2.24, 2.45) is 0 Å². The summed E-state index contributed by atoms with van der Waals surface area (Å²) in [5, 5.41) is 8.42. The van der Waals surface area contributed by atoms with Crippen LogP contribution >= 0.6 is 11.6 Å². The zero-order valence-electron chi connectivity index (χ0n) is 13.8. The van der Waals surface area contributed by atoms with Gasteiger partial charge in [0.25, 0.3) is 5.89 Å². The number of nitrogens with zero attached hydrogens (tertiary/aromatic N) is 2. The molecule has 0 radical (unpaired) electrons. The highest BCUT2D eigenvalue weighted by molar-refractivity contribution is 6.30. The SMILES string of the molecule is CC(OCC1CCCO1)C(=O)OCc1nnc(-c2ccc(Cl)cc2)o1. The molecule has 1 aromatic carbocycles. The van der Waals surface area contributed by atoms with Crippen LogP contribution in [-0.4, -0.2) is 41.6 Å². The predicted octanol–water partition coefficient (Wildman–Crippen LogP) is 3.02. The van der Waals surface area contributed by atoms with Crippen molar-refractivity contribution in [2.45, 2.75) is 38.6 Å². The summed E-state index contributed by atoms with van der Waals surface area (Å²) in [7, 11) is 0. The Balaban J connectivity index is 1.46. The van der Waals surface area contributed by atoms with Gasteiger partial charge in [0.2, 0.25) is 5.89 Å². The molecule has 0 N–H and O–H groups in total. The summed E-state index contributed by atoms with van der Waals surface area (Å²) in [4.78, 5) is 11.9. The lowest BCUT2D eigenvalue weighted by atomic mass is 10.2. The molecule has 7 nitrogen and oxygen atoms in total. The minimum Gasteiger partial charge on any atom is -0.454 e. The topological polar surface area (TPSA) is 83.7 Å². The Kier molecular flexibility index (Phi) is 6.01. The number of esters is 1. The van der Waals surface area contributed by atoms with Gasteiger partial charge in [0.1, 0.15) is 0 Å². The fraction of sp³-hybridized carbons (Fsp3) is 0.471. The van der Waals surface area contributed by atoms with Crippen LogP contribution in [0.4, 0.5) is 0 Å². The Morgan fingerprint density at radius 1 is 1.36 bits per heavy atom. The minimum absolute atomic E-state index is 0.0631. The number of benzene rings is 1. The average Bonchev–Trinajstić information content (AvgIpc) is 3.30. The van der Waals surface area contributed by atoms with Crippen LogP contribution in [0.15, 0.2) is 28.7 Å². The third kappa shape index (κ3) is 5.01. The van der Waals surface area contributed by atoms with E-state index < -0.39 is 12.1 Å². The minimum atomic E-state index is -0.678. The van der Waals surface area contributed by atoms with Crippen molar-refractivity contribution in [3.05, 3.63) is 35.2 Å². The van der Waals surface area contributed by atoms with Crippen LogP contribution in [-0.2, 0) is 25.6 Å². The number of carbonyl (C=O) groups excluding carboxylic acids is 1. The second-order valence-corrected chi connectivity index (χ2v) is 6.16. The van der Waals surface area contributed by atoms with Crippen LogP contribution in [0.2, 0.25) is 5.02 Å². The third-order valence-electron chi connectivity index (χ3n) is 3.78. The molecular formula is C17H19ClN2O5. The van der Waals surface area contributed by atoms with Crippen molar-refractivity contribution < 1.29 is 23.4 Å². The molecule has 2 heterocycles. The highest BCUT2D eigenvalue weighted by Crippen LogP contribution is 2.20. The van der Waals surface area contributed by atoms with E-state index in [-0.39, 0.29) is 18.6 Å². The monoisotopic (exact) mass is 366 g/mol. The lowest BCUT2D eigenvalue weighted by Crippen LogP contribution is -2.27. The van der Waals surface area contributed by atoms with Gasteiger partial charge >= 0.3 is 5.97 Å². The maximum absolute atomic E-state index is 11.9. The van der Waals surface area contributed by atoms with E-state index in [4.69, 9.17) is 30.2 Å². The van der Waals surface area contributed by atoms with Gasteiger partial charge in [-0.1, -0.05) is 11.6 Å². The molecule has 3 rings (SSSR count). The third-order valence-corrected chi connectivity index (χ3v) is 4.04. The first-order valence-corrected chi connectivity index (χ1v) is 8.48. The van der Waals surface area contributed by atoms with Crippen LogP contribution in [0.5, 0.6) is 0 Å². The number of rotatable bonds is 7. The molecule has 0 aliphatic carbocycles. The largest absolute Gasteiger partial charge is 0.454 e. The molecule has 1 aromatic heterocycles. The zero-order valence-corrected chi connectivity index (χ0v) is 14.6. The fourth-order valence-electron chi connectivity index (χ4n) is 2.37. The fourth-order valence-corrected chi connectivity index (χ4v) is 2.49. The van der Waals surface area contributed by atoms with E-state index in [1.54, 1.807) is 31.2 Å². The predicted molar refractivity (Wildman–Crippen MR) is 88.9 cm³/mol. The average molecular weight is 367 g/mol. The van der Waals surface area contributed by atoms with Gasteiger partial charge in [0.05, 0.1) is 12.7 Å². The van der Waals surface area contributed by atoms with Gasteiger partial charge in [0.15, 0.2) is 12.7 Å². The Hall–Kier alpha value is -1.96. The van der Waals surface area contributed by atoms with Gasteiger partial charge in [-0.25, -0.2) is 4.79 Å². The Labute approximate surface area is 150 Å². The van der Waals surface area contributed by atoms with Gasteiger partial charge in [-0.15, -0.1) is 10.2 Å². The molecule has 1 fully saturated rings. The Morgan fingerprint density at radius 2 is 2.16 bits per heavy atom. The highest BCUT2D eigenvalue weighted by atomic mass is 35.5. The molecule has 0 amide bonds. The first kappa shape index (κ1) is 17.8. The van der Waals surface area contributed by atoms with Crippen LogP contribution in [0.1, 0.15) is 25.7 Å². The summed E-state index contributed by atoms with van der Waals surface area (Å²) in [6.07, 6.45) is 1.37. The highest BCUT2D eigenvalue weighted by Gasteiger charge is 2.21. The molecule has 1 aliphatic heterocycles. The van der Waals surface area contributed by atoms with Gasteiger partial charge in [-0.3, -0.25) is 0 Å². The first-order chi connectivity index (χ1) is 12.1. The molecule has 1 aliphatic rings. The molecule has 2 atom stereocenters. The summed E-state index contributed by atoms with van der Waals surface area (Å²) < 4.78 is 21.6. The van der Waals surface area contributed by atoms with Gasteiger partial charge in [0, 0.05) is 17.2 Å². The summed E-state index contributed by atoms with van der Waals surface area (Å²) in [6.45, 7) is 2.68. The number of carbonyl (C=O) groups is 1. The molecule has 134 valence electrons. The molecule has 2 unspecified atom stereocenters. The molecule has 2 aromatic rings. The lowest BCUT2D eigenvalue weighted by molar-refractivity contribution is -0.159. The van der Waals surface area contributed by atoms with E-state index in [2.05, 4.69) is 10.2 Å². The van der Waals surface area contributed by atoms with Gasteiger partial charge in [-0.2, -0.15) is 0 Å². The molecule has 8 heteroatoms. The van der Waals surface area contributed by atoms with Crippen molar-refractivity contribution in [1.82, 2.24) is 10.2 Å². The van der Waals surface area contributed by atoms with Crippen molar-refractivity contribution in [1.29, 1.82) is 0 Å². The molecular weight excluding hydrogens is 348 g/mol. The van der Waals surface area contributed by atoms with E-state index in [1.807, 2.05) is 0 Å². The van der Waals surface area contributed by atoms with Crippen molar-refractivity contribution in [2.75, 3.05) is 13.2 Å². The molecule has 1 saturated heterocycles. The molecule has 0 bridgehead atoms. The van der Waals surface area contributed by atoms with Gasteiger partial charge in [-0.05, 0) is 44.0 Å². The van der Waals surface area contributed by atoms with Crippen LogP contribution in [0, 0.1) is 0 Å². The van der Waals surface area contributed by atoms with E-state index >= 15 is 0 Å². The van der Waals surface area contributed by atoms with Crippen molar-refractivity contribution in [3.8, 4) is 11.5 Å². The van der Waals surface area contributed by atoms with E-state index in [0.717, 1.165) is 25.0 Å². The van der Waals surface area contributed by atoms with Crippen LogP contribution in [0.3, 0.4) is 0 Å². The number of halogens is 1. The first-order valence-electron chi connectivity index (χ1n) is 8.10. The Bertz CT molecular complexity index is 697. The van der Waals surface area contributed by atoms with Crippen molar-refractivity contribution >= 4 is 17.6 Å². The Morgan fingerprint density at radius 3 is 2.88 bits per heavy atom. The summed E-state index contributed by atoms with van der Waals surface area (Å²) in [5.74, 6) is 0.0688. The lowest BCUT2D eigenvalue weighted by Gasteiger charge is -2.14. The van der Waals surface area contributed by atoms with Crippen molar-refractivity contribution in [3.63, 3.8) is 0 Å². The summed E-state index contributed by atoms with van der Waals surface area (Å²) in [6, 6.07) is 7.00. The number of hydrogen-bond acceptors (Lipinski definition) is 7. The second kappa shape index (κ2) is 8.42. The van der Waals surface area contributed by atoms with E-state index in [1.165, 1.54) is 0 Å². The molecule has 0 saturated carbocycles. The second-order valence-electron chi connectivity index (χ2n) is 5.73. The number of hydrogen-bond donors (Lipinski definition) is 0.